The number of rotatable bonds is 10. The van der Waals surface area contributed by atoms with Crippen molar-refractivity contribution < 1.29 is 28.2 Å². The predicted molar refractivity (Wildman–Crippen MR) is 117 cm³/mol. The van der Waals surface area contributed by atoms with E-state index in [2.05, 4.69) is 12.1 Å². The summed E-state index contributed by atoms with van der Waals surface area (Å²) >= 11 is 0. The summed E-state index contributed by atoms with van der Waals surface area (Å²) in [6, 6.07) is 3.63. The Hall–Kier alpha value is -2.97. The molecule has 1 aliphatic heterocycles. The molecule has 0 bridgehead atoms. The Balaban J connectivity index is 2.13. The molecule has 1 aliphatic rings. The van der Waals surface area contributed by atoms with Crippen molar-refractivity contribution in [2.75, 3.05) is 26.9 Å². The Morgan fingerprint density at radius 1 is 1.35 bits per heavy atom. The van der Waals surface area contributed by atoms with E-state index >= 15 is 0 Å². The summed E-state index contributed by atoms with van der Waals surface area (Å²) in [6.45, 7) is 8.66. The van der Waals surface area contributed by atoms with Gasteiger partial charge in [0.15, 0.2) is 6.29 Å². The second-order valence-electron chi connectivity index (χ2n) is 6.97. The molecule has 1 aromatic carbocycles. The number of hydroxylamine groups is 1. The normalized spacial score (nSPS) is 16.7. The average molecular weight is 431 g/mol. The van der Waals surface area contributed by atoms with Gasteiger partial charge in [-0.15, -0.1) is 0 Å². The van der Waals surface area contributed by atoms with E-state index in [9.17, 15) is 4.79 Å². The molecule has 0 amide bonds. The molecule has 2 heterocycles. The molecule has 168 valence electrons. The summed E-state index contributed by atoms with van der Waals surface area (Å²) in [4.78, 5) is 18.0. The highest BCUT2D eigenvalue weighted by Gasteiger charge is 2.24. The topological polar surface area (TPSA) is 88.4 Å². The molecule has 0 spiro atoms. The maximum Gasteiger partial charge on any atom is 0.349 e. The number of aryl methyl sites for hydroxylation is 1. The van der Waals surface area contributed by atoms with Crippen molar-refractivity contribution in [2.45, 2.75) is 39.4 Å². The first-order valence-electron chi connectivity index (χ1n) is 10.3. The van der Waals surface area contributed by atoms with Crippen molar-refractivity contribution >= 4 is 16.7 Å². The standard InChI is InChI=1S/C23H29NO7/c1-5-12-29-22-16-10-11-18(30-19-9-7-8-13-28-19)15(3)21(16)31-23(25)20(22)17(24-26-4)14-27-6-2/h5,10-11,14,19,24H,1,6-9,12-13H2,2-4H3. The van der Waals surface area contributed by atoms with Crippen LogP contribution in [0.3, 0.4) is 0 Å². The van der Waals surface area contributed by atoms with Crippen molar-refractivity contribution in [3.63, 3.8) is 0 Å². The van der Waals surface area contributed by atoms with Gasteiger partial charge in [-0.25, -0.2) is 4.79 Å². The first-order valence-corrected chi connectivity index (χ1v) is 10.3. The van der Waals surface area contributed by atoms with Crippen LogP contribution in [0.5, 0.6) is 11.5 Å². The van der Waals surface area contributed by atoms with Gasteiger partial charge in [0.2, 0.25) is 0 Å². The molecule has 3 rings (SSSR count). The fourth-order valence-electron chi connectivity index (χ4n) is 3.36. The molecule has 0 aliphatic carbocycles. The van der Waals surface area contributed by atoms with E-state index in [-0.39, 0.29) is 24.2 Å². The third kappa shape index (κ3) is 5.21. The maximum atomic E-state index is 13.0. The molecule has 8 nitrogen and oxygen atoms in total. The lowest BCUT2D eigenvalue weighted by Crippen LogP contribution is -2.25. The number of ether oxygens (including phenoxy) is 4. The van der Waals surface area contributed by atoms with E-state index in [0.717, 1.165) is 19.3 Å². The van der Waals surface area contributed by atoms with E-state index in [4.69, 9.17) is 28.2 Å². The number of hydrogen-bond donors (Lipinski definition) is 1. The lowest BCUT2D eigenvalue weighted by Gasteiger charge is -2.24. The molecule has 31 heavy (non-hydrogen) atoms. The van der Waals surface area contributed by atoms with Gasteiger partial charge in [-0.1, -0.05) is 12.7 Å². The van der Waals surface area contributed by atoms with Crippen LogP contribution in [0.25, 0.3) is 16.7 Å². The summed E-state index contributed by atoms with van der Waals surface area (Å²) in [7, 11) is 1.44. The van der Waals surface area contributed by atoms with Crippen LogP contribution in [0.2, 0.25) is 0 Å². The monoisotopic (exact) mass is 431 g/mol. The summed E-state index contributed by atoms with van der Waals surface area (Å²) < 4.78 is 28.7. The zero-order chi connectivity index (χ0) is 22.2. The molecule has 1 fully saturated rings. The number of benzene rings is 1. The molecule has 1 aromatic heterocycles. The highest BCUT2D eigenvalue weighted by Crippen LogP contribution is 2.36. The summed E-state index contributed by atoms with van der Waals surface area (Å²) in [6.07, 6.45) is 5.60. The minimum atomic E-state index is -0.601. The van der Waals surface area contributed by atoms with Gasteiger partial charge >= 0.3 is 5.63 Å². The lowest BCUT2D eigenvalue weighted by atomic mass is 10.1. The number of nitrogens with one attached hydrogen (secondary N) is 1. The van der Waals surface area contributed by atoms with Crippen molar-refractivity contribution in [1.29, 1.82) is 0 Å². The van der Waals surface area contributed by atoms with E-state index < -0.39 is 5.63 Å². The first-order chi connectivity index (χ1) is 15.1. The van der Waals surface area contributed by atoms with Crippen molar-refractivity contribution in [1.82, 2.24) is 5.48 Å². The Morgan fingerprint density at radius 2 is 2.19 bits per heavy atom. The van der Waals surface area contributed by atoms with Crippen LogP contribution in [0.15, 0.2) is 40.3 Å². The third-order valence-electron chi connectivity index (χ3n) is 4.82. The molecule has 8 heteroatoms. The fourth-order valence-corrected chi connectivity index (χ4v) is 3.36. The molecule has 0 saturated carbocycles. The van der Waals surface area contributed by atoms with E-state index in [1.54, 1.807) is 12.1 Å². The van der Waals surface area contributed by atoms with Gasteiger partial charge in [0, 0.05) is 12.0 Å². The highest BCUT2D eigenvalue weighted by atomic mass is 16.7. The van der Waals surface area contributed by atoms with Crippen LogP contribution in [0, 0.1) is 6.92 Å². The summed E-state index contributed by atoms with van der Waals surface area (Å²) in [5.74, 6) is 0.940. The molecular weight excluding hydrogens is 402 g/mol. The van der Waals surface area contributed by atoms with Gasteiger partial charge in [0.25, 0.3) is 0 Å². The molecule has 1 atom stereocenters. The first kappa shape index (κ1) is 22.7. The second kappa shape index (κ2) is 10.9. The van der Waals surface area contributed by atoms with Crippen molar-refractivity contribution in [3.8, 4) is 11.5 Å². The minimum Gasteiger partial charge on any atom is -0.499 e. The van der Waals surface area contributed by atoms with Crippen LogP contribution >= 0.6 is 0 Å². The maximum absolute atomic E-state index is 13.0. The van der Waals surface area contributed by atoms with Gasteiger partial charge in [0.05, 0.1) is 25.7 Å². The predicted octanol–water partition coefficient (Wildman–Crippen LogP) is 4.06. The van der Waals surface area contributed by atoms with Gasteiger partial charge in [-0.2, -0.15) is 0 Å². The van der Waals surface area contributed by atoms with Crippen LogP contribution < -0.4 is 20.6 Å². The zero-order valence-corrected chi connectivity index (χ0v) is 18.2. The van der Waals surface area contributed by atoms with Crippen molar-refractivity contribution in [3.05, 3.63) is 52.6 Å². The Bertz CT molecular complexity index is 990. The largest absolute Gasteiger partial charge is 0.499 e. The van der Waals surface area contributed by atoms with Gasteiger partial charge in [0.1, 0.15) is 41.2 Å². The number of hydrogen-bond acceptors (Lipinski definition) is 8. The van der Waals surface area contributed by atoms with Crippen LogP contribution in [-0.4, -0.2) is 33.2 Å². The van der Waals surface area contributed by atoms with Crippen LogP contribution in [0.4, 0.5) is 0 Å². The molecule has 1 saturated heterocycles. The Labute approximate surface area is 181 Å². The smallest absolute Gasteiger partial charge is 0.349 e. The SMILES string of the molecule is C=CCOc1c(C(=COCC)NOC)c(=O)oc2c(C)c(OC3CCCCO3)ccc12. The molecule has 0 radical (unpaired) electrons. The van der Waals surface area contributed by atoms with E-state index in [0.29, 0.717) is 41.2 Å². The quantitative estimate of drug-likeness (QED) is 0.261. The molecular formula is C23H29NO7. The van der Waals surface area contributed by atoms with E-state index in [1.807, 2.05) is 19.9 Å². The Morgan fingerprint density at radius 3 is 2.87 bits per heavy atom. The van der Waals surface area contributed by atoms with E-state index in [1.165, 1.54) is 13.4 Å². The molecule has 1 N–H and O–H groups in total. The van der Waals surface area contributed by atoms with Gasteiger partial charge in [-0.05, 0) is 38.8 Å². The molecule has 1 unspecified atom stereocenters. The molecule has 2 aromatic rings. The lowest BCUT2D eigenvalue weighted by molar-refractivity contribution is -0.106. The van der Waals surface area contributed by atoms with Crippen molar-refractivity contribution in [2.24, 2.45) is 0 Å². The zero-order valence-electron chi connectivity index (χ0n) is 18.2. The highest BCUT2D eigenvalue weighted by molar-refractivity contribution is 5.91. The van der Waals surface area contributed by atoms with Gasteiger partial charge in [-0.3, -0.25) is 10.3 Å². The fraction of sp³-hybridized carbons (Fsp3) is 0.435. The van der Waals surface area contributed by atoms with Gasteiger partial charge < -0.3 is 23.4 Å². The second-order valence-corrected chi connectivity index (χ2v) is 6.97. The third-order valence-corrected chi connectivity index (χ3v) is 4.82. The Kier molecular flexibility index (Phi) is 7.97. The summed E-state index contributed by atoms with van der Waals surface area (Å²) in [5.41, 5.74) is 3.58. The van der Waals surface area contributed by atoms with Crippen LogP contribution in [-0.2, 0) is 14.3 Å². The minimum absolute atomic E-state index is 0.160. The summed E-state index contributed by atoms with van der Waals surface area (Å²) in [5, 5.41) is 0.617. The van der Waals surface area contributed by atoms with Crippen LogP contribution in [0.1, 0.15) is 37.3 Å². The average Bonchev–Trinajstić information content (AvgIpc) is 2.78. The number of fused-ring (bicyclic) bond motifs is 1.